The second-order valence-electron chi connectivity index (χ2n) is 8.56. The van der Waals surface area contributed by atoms with Crippen molar-refractivity contribution in [2.24, 2.45) is 0 Å². The van der Waals surface area contributed by atoms with Crippen molar-refractivity contribution in [1.82, 2.24) is 18.7 Å². The molecule has 7 heteroatoms. The van der Waals surface area contributed by atoms with Crippen LogP contribution < -0.4 is 11.2 Å². The molecular weight excluding hydrogens is 416 g/mol. The lowest BCUT2D eigenvalue weighted by molar-refractivity contribution is 0.0968. The fourth-order valence-corrected chi connectivity index (χ4v) is 4.67. The minimum absolute atomic E-state index is 0.240. The Morgan fingerprint density at radius 3 is 2.48 bits per heavy atom. The first kappa shape index (κ1) is 21.1. The van der Waals surface area contributed by atoms with E-state index in [2.05, 4.69) is 4.98 Å². The third-order valence-electron chi connectivity index (χ3n) is 6.48. The molecule has 1 aliphatic carbocycles. The van der Waals surface area contributed by atoms with Crippen LogP contribution in [0.3, 0.4) is 0 Å². The molecule has 0 N–H and O–H groups in total. The average molecular weight is 443 g/mol. The van der Waals surface area contributed by atoms with Crippen molar-refractivity contribution in [2.75, 3.05) is 0 Å². The number of imidazole rings is 1. The summed E-state index contributed by atoms with van der Waals surface area (Å²) in [6.45, 7) is 2.42. The van der Waals surface area contributed by atoms with Gasteiger partial charge in [-0.25, -0.2) is 9.78 Å². The number of carbonyl (C=O) groups is 1. The topological polar surface area (TPSA) is 78.9 Å². The lowest BCUT2D eigenvalue weighted by Crippen LogP contribution is -2.42. The van der Waals surface area contributed by atoms with Gasteiger partial charge < -0.3 is 4.57 Å². The number of benzene rings is 2. The number of Topliss-reactive ketones (excluding diaryl/α,β-unsaturated/α-hetero) is 1. The summed E-state index contributed by atoms with van der Waals surface area (Å²) >= 11 is 0. The van der Waals surface area contributed by atoms with E-state index in [1.165, 1.54) is 22.1 Å². The van der Waals surface area contributed by atoms with Gasteiger partial charge in [0.25, 0.3) is 5.56 Å². The average Bonchev–Trinajstić information content (AvgIpc) is 3.29. The minimum Gasteiger partial charge on any atom is -0.325 e. The predicted molar refractivity (Wildman–Crippen MR) is 127 cm³/mol. The van der Waals surface area contributed by atoms with E-state index in [0.717, 1.165) is 29.4 Å². The van der Waals surface area contributed by atoms with Crippen LogP contribution in [0, 0.1) is 0 Å². The molecule has 0 spiro atoms. The van der Waals surface area contributed by atoms with Crippen molar-refractivity contribution in [2.45, 2.75) is 52.2 Å². The molecular formula is C26H26N4O3. The molecule has 0 bridgehead atoms. The van der Waals surface area contributed by atoms with Crippen LogP contribution in [0.25, 0.3) is 11.2 Å². The van der Waals surface area contributed by atoms with Crippen molar-refractivity contribution in [3.8, 4) is 0 Å². The van der Waals surface area contributed by atoms with Crippen LogP contribution in [0.2, 0.25) is 0 Å². The molecule has 4 aromatic rings. The van der Waals surface area contributed by atoms with E-state index in [-0.39, 0.29) is 18.9 Å². The fraction of sp³-hybridized carbons (Fsp3) is 0.308. The van der Waals surface area contributed by atoms with E-state index in [4.69, 9.17) is 0 Å². The van der Waals surface area contributed by atoms with Gasteiger partial charge in [-0.3, -0.25) is 18.7 Å². The number of nitrogens with zero attached hydrogens (tertiary/aromatic N) is 4. The van der Waals surface area contributed by atoms with Crippen molar-refractivity contribution in [1.29, 1.82) is 0 Å². The number of aryl methyl sites for hydroxylation is 3. The van der Waals surface area contributed by atoms with Gasteiger partial charge in [-0.15, -0.1) is 0 Å². The van der Waals surface area contributed by atoms with Crippen LogP contribution in [-0.4, -0.2) is 24.5 Å². The van der Waals surface area contributed by atoms with Crippen LogP contribution >= 0.6 is 0 Å². The molecule has 0 saturated heterocycles. The molecule has 7 nitrogen and oxygen atoms in total. The van der Waals surface area contributed by atoms with E-state index in [9.17, 15) is 14.4 Å². The van der Waals surface area contributed by atoms with E-state index in [1.807, 2.05) is 55.5 Å². The molecule has 2 aromatic carbocycles. The van der Waals surface area contributed by atoms with Gasteiger partial charge >= 0.3 is 5.69 Å². The maximum Gasteiger partial charge on any atom is 0.333 e. The molecule has 0 fully saturated rings. The molecule has 0 unspecified atom stereocenters. The van der Waals surface area contributed by atoms with Crippen molar-refractivity contribution >= 4 is 16.9 Å². The van der Waals surface area contributed by atoms with Crippen LogP contribution in [0.5, 0.6) is 0 Å². The quantitative estimate of drug-likeness (QED) is 0.430. The van der Waals surface area contributed by atoms with E-state index in [1.54, 1.807) is 10.9 Å². The van der Waals surface area contributed by atoms with Gasteiger partial charge in [0.2, 0.25) is 0 Å². The molecule has 0 atom stereocenters. The Hall–Kier alpha value is -3.74. The monoisotopic (exact) mass is 442 g/mol. The Morgan fingerprint density at radius 2 is 1.73 bits per heavy atom. The standard InChI is InChI=1S/C26H26N4O3/c1-2-28-17-27-24-23(28)25(32)30(26(33)29(24)15-18-8-4-3-5-9-18)16-22(31)21-13-12-19-10-6-7-11-20(19)14-21/h3-5,8-9,12-14,17H,2,6-7,10-11,15-16H2,1H3. The Bertz CT molecular complexity index is 1460. The molecule has 0 aliphatic heterocycles. The number of fused-ring (bicyclic) bond motifs is 2. The lowest BCUT2D eigenvalue weighted by Gasteiger charge is -2.16. The summed E-state index contributed by atoms with van der Waals surface area (Å²) in [7, 11) is 0. The van der Waals surface area contributed by atoms with E-state index >= 15 is 0 Å². The Labute approximate surface area is 190 Å². The highest BCUT2D eigenvalue weighted by Crippen LogP contribution is 2.22. The maximum atomic E-state index is 13.4. The number of hydrogen-bond acceptors (Lipinski definition) is 4. The van der Waals surface area contributed by atoms with Gasteiger partial charge in [-0.05, 0) is 55.4 Å². The predicted octanol–water partition coefficient (Wildman–Crippen LogP) is 3.19. The van der Waals surface area contributed by atoms with Crippen molar-refractivity contribution in [3.63, 3.8) is 0 Å². The van der Waals surface area contributed by atoms with Crippen molar-refractivity contribution < 1.29 is 4.79 Å². The van der Waals surface area contributed by atoms with E-state index < -0.39 is 11.2 Å². The second kappa shape index (κ2) is 8.65. The Balaban J connectivity index is 1.59. The first-order valence-corrected chi connectivity index (χ1v) is 11.4. The third kappa shape index (κ3) is 3.84. The summed E-state index contributed by atoms with van der Waals surface area (Å²) in [6, 6.07) is 15.3. The van der Waals surface area contributed by atoms with E-state index in [0.29, 0.717) is 23.3 Å². The zero-order chi connectivity index (χ0) is 22.9. The van der Waals surface area contributed by atoms with Crippen molar-refractivity contribution in [3.05, 3.63) is 98.0 Å². The summed E-state index contributed by atoms with van der Waals surface area (Å²) in [5, 5.41) is 0. The third-order valence-corrected chi connectivity index (χ3v) is 6.48. The number of carbonyl (C=O) groups excluding carboxylic acids is 1. The number of hydrogen-bond donors (Lipinski definition) is 0. The highest BCUT2D eigenvalue weighted by molar-refractivity contribution is 5.96. The minimum atomic E-state index is -0.524. The van der Waals surface area contributed by atoms with Crippen LogP contribution in [0.15, 0.2) is 64.4 Å². The molecule has 33 heavy (non-hydrogen) atoms. The zero-order valence-electron chi connectivity index (χ0n) is 18.7. The molecule has 0 radical (unpaired) electrons. The Kier molecular flexibility index (Phi) is 5.54. The summed E-state index contributed by atoms with van der Waals surface area (Å²) in [5.74, 6) is -0.240. The summed E-state index contributed by atoms with van der Waals surface area (Å²) < 4.78 is 4.26. The van der Waals surface area contributed by atoms with Crippen LogP contribution in [0.4, 0.5) is 0 Å². The molecule has 0 amide bonds. The molecule has 1 aliphatic rings. The molecule has 5 rings (SSSR count). The smallest absolute Gasteiger partial charge is 0.325 e. The van der Waals surface area contributed by atoms with Crippen LogP contribution in [-0.2, 0) is 32.5 Å². The number of rotatable bonds is 6. The van der Waals surface area contributed by atoms with Gasteiger partial charge in [0, 0.05) is 12.1 Å². The molecule has 2 aromatic heterocycles. The van der Waals surface area contributed by atoms with Gasteiger partial charge in [0.05, 0.1) is 19.4 Å². The number of aromatic nitrogens is 4. The molecule has 168 valence electrons. The van der Waals surface area contributed by atoms with Gasteiger partial charge in [-0.1, -0.05) is 42.5 Å². The zero-order valence-corrected chi connectivity index (χ0v) is 18.7. The van der Waals surface area contributed by atoms with Gasteiger partial charge in [-0.2, -0.15) is 0 Å². The summed E-state index contributed by atoms with van der Waals surface area (Å²) in [6.07, 6.45) is 5.85. The highest BCUT2D eigenvalue weighted by Gasteiger charge is 2.21. The normalized spacial score (nSPS) is 13.2. The lowest BCUT2D eigenvalue weighted by atomic mass is 9.90. The first-order valence-electron chi connectivity index (χ1n) is 11.4. The largest absolute Gasteiger partial charge is 0.333 e. The number of ketones is 1. The van der Waals surface area contributed by atoms with Gasteiger partial charge in [0.15, 0.2) is 16.9 Å². The fourth-order valence-electron chi connectivity index (χ4n) is 4.67. The SMILES string of the molecule is CCn1cnc2c1c(=O)n(CC(=O)c1ccc3c(c1)CCCC3)c(=O)n2Cc1ccccc1. The van der Waals surface area contributed by atoms with Gasteiger partial charge in [0.1, 0.15) is 0 Å². The summed E-state index contributed by atoms with van der Waals surface area (Å²) in [4.78, 5) is 44.3. The first-order chi connectivity index (χ1) is 16.1. The maximum absolute atomic E-state index is 13.4. The molecule has 0 saturated carbocycles. The van der Waals surface area contributed by atoms with Crippen LogP contribution in [0.1, 0.15) is 46.8 Å². The second-order valence-corrected chi connectivity index (χ2v) is 8.56. The molecule has 2 heterocycles. The highest BCUT2D eigenvalue weighted by atomic mass is 16.2. The Morgan fingerprint density at radius 1 is 0.970 bits per heavy atom. The summed E-state index contributed by atoms with van der Waals surface area (Å²) in [5.41, 5.74) is 3.61.